The molecule has 0 bridgehead atoms. The van der Waals surface area contributed by atoms with E-state index in [1.165, 1.54) is 11.3 Å². The molecule has 2 atom stereocenters. The van der Waals surface area contributed by atoms with Crippen molar-refractivity contribution in [3.63, 3.8) is 0 Å². The van der Waals surface area contributed by atoms with Crippen LogP contribution in [0.3, 0.4) is 0 Å². The molecular formula is C19H22N4O2S. The van der Waals surface area contributed by atoms with Crippen LogP contribution in [-0.2, 0) is 0 Å². The van der Waals surface area contributed by atoms with Gasteiger partial charge in [0.2, 0.25) is 5.95 Å². The van der Waals surface area contributed by atoms with Gasteiger partial charge in [0.05, 0.1) is 17.2 Å². The van der Waals surface area contributed by atoms with Crippen LogP contribution >= 0.6 is 11.3 Å². The minimum Gasteiger partial charge on any atom is -0.393 e. The number of aliphatic hydroxyl groups excluding tert-OH is 1. The van der Waals surface area contributed by atoms with Gasteiger partial charge in [0.25, 0.3) is 0 Å². The molecule has 0 radical (unpaired) electrons. The van der Waals surface area contributed by atoms with Crippen molar-refractivity contribution < 1.29 is 9.90 Å². The second-order valence-electron chi connectivity index (χ2n) is 6.37. The highest BCUT2D eigenvalue weighted by atomic mass is 32.1. The Hall–Kier alpha value is -2.38. The first-order valence-electron chi connectivity index (χ1n) is 8.62. The van der Waals surface area contributed by atoms with Gasteiger partial charge in [0.15, 0.2) is 11.4 Å². The summed E-state index contributed by atoms with van der Waals surface area (Å²) >= 11 is 1.42. The lowest BCUT2D eigenvalue weighted by molar-refractivity contribution is 0.0946. The number of fused-ring (bicyclic) bond motifs is 1. The molecule has 0 saturated heterocycles. The molecule has 2 unspecified atom stereocenters. The van der Waals surface area contributed by atoms with Crippen LogP contribution in [0.5, 0.6) is 0 Å². The predicted octanol–water partition coefficient (Wildman–Crippen LogP) is 3.91. The lowest BCUT2D eigenvalue weighted by Gasteiger charge is -2.14. The van der Waals surface area contributed by atoms with E-state index in [9.17, 15) is 9.90 Å². The largest absolute Gasteiger partial charge is 0.393 e. The monoisotopic (exact) mass is 370 g/mol. The molecule has 136 valence electrons. The zero-order chi connectivity index (χ0) is 18.7. The van der Waals surface area contributed by atoms with Crippen LogP contribution in [-0.4, -0.2) is 31.9 Å². The zero-order valence-electron chi connectivity index (χ0n) is 15.1. The van der Waals surface area contributed by atoms with Gasteiger partial charge in [-0.3, -0.25) is 4.79 Å². The summed E-state index contributed by atoms with van der Waals surface area (Å²) in [4.78, 5) is 26.0. The maximum atomic E-state index is 12.6. The number of hydrogen-bond donors (Lipinski definition) is 2. The van der Waals surface area contributed by atoms with E-state index in [1.807, 2.05) is 44.2 Å². The summed E-state index contributed by atoms with van der Waals surface area (Å²) in [6, 6.07) is 9.97. The number of anilines is 1. The van der Waals surface area contributed by atoms with Gasteiger partial charge in [0.1, 0.15) is 10.4 Å². The van der Waals surface area contributed by atoms with E-state index < -0.39 is 6.10 Å². The molecule has 0 aliphatic rings. The van der Waals surface area contributed by atoms with Crippen LogP contribution < -0.4 is 5.32 Å². The molecule has 2 heterocycles. The van der Waals surface area contributed by atoms with Gasteiger partial charge in [-0.2, -0.15) is 4.98 Å². The molecule has 2 aromatic heterocycles. The Kier molecular flexibility index (Phi) is 5.58. The first-order chi connectivity index (χ1) is 12.4. The summed E-state index contributed by atoms with van der Waals surface area (Å²) in [7, 11) is 0. The fourth-order valence-corrected chi connectivity index (χ4v) is 3.52. The second kappa shape index (κ2) is 7.88. The van der Waals surface area contributed by atoms with Gasteiger partial charge in [-0.1, -0.05) is 30.3 Å². The van der Waals surface area contributed by atoms with Gasteiger partial charge >= 0.3 is 0 Å². The number of rotatable bonds is 7. The summed E-state index contributed by atoms with van der Waals surface area (Å²) in [5.74, 6) is 0.289. The van der Waals surface area contributed by atoms with E-state index >= 15 is 0 Å². The molecule has 0 saturated carbocycles. The molecule has 0 aliphatic heterocycles. The highest BCUT2D eigenvalue weighted by molar-refractivity contribution is 7.18. The summed E-state index contributed by atoms with van der Waals surface area (Å²) in [5, 5.41) is 13.6. The number of benzene rings is 1. The minimum absolute atomic E-state index is 0.00574. The maximum absolute atomic E-state index is 12.6. The molecule has 7 heteroatoms. The maximum Gasteiger partial charge on any atom is 0.225 e. The topological polar surface area (TPSA) is 88.0 Å². The quantitative estimate of drug-likeness (QED) is 0.613. The predicted molar refractivity (Wildman–Crippen MR) is 104 cm³/mol. The average Bonchev–Trinajstić information content (AvgIpc) is 2.99. The second-order valence-corrected chi connectivity index (χ2v) is 7.57. The summed E-state index contributed by atoms with van der Waals surface area (Å²) in [5.41, 5.74) is 2.02. The lowest BCUT2D eigenvalue weighted by Crippen LogP contribution is -2.13. The third kappa shape index (κ3) is 4.23. The van der Waals surface area contributed by atoms with Crippen molar-refractivity contribution in [3.8, 4) is 0 Å². The molecule has 0 amide bonds. The number of thiazole rings is 1. The Morgan fingerprint density at radius 3 is 2.62 bits per heavy atom. The van der Waals surface area contributed by atoms with Crippen molar-refractivity contribution in [2.24, 2.45) is 0 Å². The van der Waals surface area contributed by atoms with Gasteiger partial charge in [-0.25, -0.2) is 9.97 Å². The zero-order valence-corrected chi connectivity index (χ0v) is 15.9. The van der Waals surface area contributed by atoms with Crippen molar-refractivity contribution in [3.05, 3.63) is 46.6 Å². The standard InChI is InChI=1S/C19H22N4O2S/c1-11(24)9-10-15(25)16-17-18(21-13(3)26-17)23-19(22-16)20-12(2)14-7-5-4-6-8-14/h4-8,11-12,24H,9-10H2,1-3H3,(H,20,22,23). The van der Waals surface area contributed by atoms with Crippen LogP contribution in [0.15, 0.2) is 30.3 Å². The highest BCUT2D eigenvalue weighted by Crippen LogP contribution is 2.27. The van der Waals surface area contributed by atoms with Crippen LogP contribution in [0.4, 0.5) is 5.95 Å². The van der Waals surface area contributed by atoms with E-state index in [2.05, 4.69) is 20.3 Å². The third-order valence-electron chi connectivity index (χ3n) is 4.06. The van der Waals surface area contributed by atoms with Gasteiger partial charge in [-0.15, -0.1) is 11.3 Å². The van der Waals surface area contributed by atoms with Crippen LogP contribution in [0.1, 0.15) is 53.8 Å². The number of Topliss-reactive ketones (excluding diaryl/α,β-unsaturated/α-hetero) is 1. The number of aromatic nitrogens is 3. The van der Waals surface area contributed by atoms with Gasteiger partial charge in [0, 0.05) is 6.42 Å². The minimum atomic E-state index is -0.518. The first kappa shape index (κ1) is 18.4. The number of carbonyl (C=O) groups is 1. The molecule has 1 aromatic carbocycles. The molecule has 26 heavy (non-hydrogen) atoms. The number of aryl methyl sites for hydroxylation is 1. The molecule has 3 aromatic rings. The number of carbonyl (C=O) groups excluding carboxylic acids is 1. The summed E-state index contributed by atoms with van der Waals surface area (Å²) in [6.07, 6.45) is 0.134. The van der Waals surface area contributed by atoms with E-state index in [0.717, 1.165) is 10.6 Å². The molecule has 0 fully saturated rings. The van der Waals surface area contributed by atoms with Crippen molar-refractivity contribution in [2.75, 3.05) is 5.32 Å². The molecule has 2 N–H and O–H groups in total. The number of hydrogen-bond acceptors (Lipinski definition) is 7. The van der Waals surface area contributed by atoms with Gasteiger partial charge in [-0.05, 0) is 32.8 Å². The number of ketones is 1. The smallest absolute Gasteiger partial charge is 0.225 e. The third-order valence-corrected chi connectivity index (χ3v) is 5.03. The Balaban J connectivity index is 1.92. The Morgan fingerprint density at radius 2 is 1.92 bits per heavy atom. The molecule has 0 spiro atoms. The van der Waals surface area contributed by atoms with Crippen molar-refractivity contribution in [1.82, 2.24) is 15.0 Å². The van der Waals surface area contributed by atoms with E-state index in [1.54, 1.807) is 6.92 Å². The number of aliphatic hydroxyl groups is 1. The Bertz CT molecular complexity index is 909. The van der Waals surface area contributed by atoms with E-state index in [4.69, 9.17) is 0 Å². The van der Waals surface area contributed by atoms with Crippen molar-refractivity contribution >= 4 is 33.4 Å². The average molecular weight is 370 g/mol. The van der Waals surface area contributed by atoms with Crippen LogP contribution in [0.25, 0.3) is 10.3 Å². The molecule has 3 rings (SSSR count). The molecular weight excluding hydrogens is 348 g/mol. The number of nitrogens with one attached hydrogen (secondary N) is 1. The normalized spacial score (nSPS) is 13.5. The SMILES string of the molecule is Cc1nc2nc(NC(C)c3ccccc3)nc(C(=O)CCC(C)O)c2s1. The highest BCUT2D eigenvalue weighted by Gasteiger charge is 2.19. The summed E-state index contributed by atoms with van der Waals surface area (Å²) in [6.45, 7) is 5.58. The van der Waals surface area contributed by atoms with Crippen LogP contribution in [0.2, 0.25) is 0 Å². The van der Waals surface area contributed by atoms with Crippen molar-refractivity contribution in [1.29, 1.82) is 0 Å². The molecule has 6 nitrogen and oxygen atoms in total. The van der Waals surface area contributed by atoms with Crippen LogP contribution in [0, 0.1) is 6.92 Å². The fourth-order valence-electron chi connectivity index (χ4n) is 2.66. The Labute approximate surface area is 156 Å². The summed E-state index contributed by atoms with van der Waals surface area (Å²) < 4.78 is 0.705. The van der Waals surface area contributed by atoms with E-state index in [-0.39, 0.29) is 18.2 Å². The van der Waals surface area contributed by atoms with Crippen molar-refractivity contribution in [2.45, 2.75) is 45.8 Å². The first-order valence-corrected chi connectivity index (χ1v) is 9.43. The van der Waals surface area contributed by atoms with Gasteiger partial charge < -0.3 is 10.4 Å². The molecule has 0 aliphatic carbocycles. The fraction of sp³-hybridized carbons (Fsp3) is 0.368. The lowest BCUT2D eigenvalue weighted by atomic mass is 10.1. The van der Waals surface area contributed by atoms with E-state index in [0.29, 0.717) is 28.4 Å². The number of nitrogens with zero attached hydrogens (tertiary/aromatic N) is 3. The Morgan fingerprint density at radius 1 is 1.19 bits per heavy atom.